The Labute approximate surface area is 195 Å². The number of halogens is 2. The number of aliphatic hydroxyl groups excluding tert-OH is 2. The normalized spacial score (nSPS) is 13.0. The van der Waals surface area contributed by atoms with E-state index in [1.807, 2.05) is 13.8 Å². The lowest BCUT2D eigenvalue weighted by molar-refractivity contribution is 0.0758. The molecule has 0 radical (unpaired) electrons. The molecule has 0 aliphatic heterocycles. The van der Waals surface area contributed by atoms with E-state index in [4.69, 9.17) is 11.6 Å². The molecule has 3 rings (SSSR count). The van der Waals surface area contributed by atoms with Gasteiger partial charge in [-0.1, -0.05) is 25.4 Å². The number of anilines is 2. The highest BCUT2D eigenvalue weighted by Gasteiger charge is 2.21. The first-order valence-corrected chi connectivity index (χ1v) is 10.7. The molecule has 1 aromatic carbocycles. The lowest BCUT2D eigenvalue weighted by Crippen LogP contribution is -2.44. The zero-order chi connectivity index (χ0) is 24.1. The lowest BCUT2D eigenvalue weighted by Gasteiger charge is -2.20. The van der Waals surface area contributed by atoms with Crippen LogP contribution in [0.15, 0.2) is 42.9 Å². The Morgan fingerprint density at radius 2 is 1.97 bits per heavy atom. The summed E-state index contributed by atoms with van der Waals surface area (Å²) >= 11 is 6.02. The van der Waals surface area contributed by atoms with Crippen molar-refractivity contribution in [2.75, 3.05) is 11.9 Å². The van der Waals surface area contributed by atoms with Gasteiger partial charge in [0.05, 0.1) is 35.6 Å². The van der Waals surface area contributed by atoms with Crippen molar-refractivity contribution in [2.45, 2.75) is 38.8 Å². The first-order chi connectivity index (χ1) is 15.7. The van der Waals surface area contributed by atoms with Gasteiger partial charge in [0.25, 0.3) is 5.91 Å². The number of carbonyl (C=O) groups is 1. The van der Waals surface area contributed by atoms with Crippen molar-refractivity contribution in [2.24, 2.45) is 0 Å². The van der Waals surface area contributed by atoms with E-state index in [-0.39, 0.29) is 22.9 Å². The summed E-state index contributed by atoms with van der Waals surface area (Å²) in [6.07, 6.45) is 3.52. The monoisotopic (exact) mass is 473 g/mol. The third-order valence-corrected chi connectivity index (χ3v) is 5.26. The van der Waals surface area contributed by atoms with Crippen LogP contribution in [0.2, 0.25) is 5.02 Å². The van der Waals surface area contributed by atoms with E-state index >= 15 is 0 Å². The molecular formula is C23H25ClFN5O3. The number of pyridine rings is 1. The van der Waals surface area contributed by atoms with Crippen LogP contribution in [-0.2, 0) is 0 Å². The Balaban J connectivity index is 2.01. The van der Waals surface area contributed by atoms with E-state index in [9.17, 15) is 19.4 Å². The first-order valence-electron chi connectivity index (χ1n) is 10.3. The molecule has 1 amide bonds. The number of nitrogens with zero attached hydrogens (tertiary/aromatic N) is 3. The Hall–Kier alpha value is -3.14. The number of carbonyl (C=O) groups excluding carboxylic acids is 1. The van der Waals surface area contributed by atoms with Gasteiger partial charge in [-0.3, -0.25) is 9.78 Å². The van der Waals surface area contributed by atoms with Gasteiger partial charge in [0.15, 0.2) is 5.82 Å². The number of rotatable bonds is 8. The van der Waals surface area contributed by atoms with E-state index in [2.05, 4.69) is 25.6 Å². The van der Waals surface area contributed by atoms with Gasteiger partial charge in [0, 0.05) is 29.2 Å². The number of nitrogens with one attached hydrogen (secondary N) is 2. The average molecular weight is 474 g/mol. The number of hydrogen-bond donors (Lipinski definition) is 4. The Kier molecular flexibility index (Phi) is 7.91. The molecule has 10 heteroatoms. The molecule has 2 atom stereocenters. The van der Waals surface area contributed by atoms with Crippen molar-refractivity contribution in [1.82, 2.24) is 20.3 Å². The second-order valence-corrected chi connectivity index (χ2v) is 8.26. The van der Waals surface area contributed by atoms with Gasteiger partial charge < -0.3 is 20.8 Å². The number of benzene rings is 1. The van der Waals surface area contributed by atoms with Crippen molar-refractivity contribution in [1.29, 1.82) is 0 Å². The fourth-order valence-corrected chi connectivity index (χ4v) is 3.26. The minimum absolute atomic E-state index is 0.0267. The summed E-state index contributed by atoms with van der Waals surface area (Å²) in [5.74, 6) is -0.495. The van der Waals surface area contributed by atoms with Crippen LogP contribution in [0.4, 0.5) is 15.9 Å². The Bertz CT molecular complexity index is 1140. The SMILES string of the molecule is CC(C)c1cnc(-c2cc(Cl)ccc2F)nc1Nc1ccncc1C(=O)N[C@H](CO)[C@@H](C)O. The predicted molar refractivity (Wildman–Crippen MR) is 124 cm³/mol. The minimum Gasteiger partial charge on any atom is -0.394 e. The number of aliphatic hydroxyl groups is 2. The van der Waals surface area contributed by atoms with E-state index in [1.54, 1.807) is 12.3 Å². The molecule has 0 aliphatic rings. The van der Waals surface area contributed by atoms with Crippen LogP contribution in [0.3, 0.4) is 0 Å². The maximum Gasteiger partial charge on any atom is 0.255 e. The molecule has 2 heterocycles. The van der Waals surface area contributed by atoms with Crippen molar-refractivity contribution >= 4 is 29.0 Å². The van der Waals surface area contributed by atoms with E-state index in [0.717, 1.165) is 5.56 Å². The topological polar surface area (TPSA) is 120 Å². The molecule has 3 aromatic rings. The van der Waals surface area contributed by atoms with E-state index in [0.29, 0.717) is 16.5 Å². The molecule has 2 aromatic heterocycles. The predicted octanol–water partition coefficient (Wildman–Crippen LogP) is 3.67. The smallest absolute Gasteiger partial charge is 0.255 e. The molecule has 0 unspecified atom stereocenters. The number of amides is 1. The number of hydrogen-bond acceptors (Lipinski definition) is 7. The van der Waals surface area contributed by atoms with E-state index < -0.39 is 30.5 Å². The summed E-state index contributed by atoms with van der Waals surface area (Å²) in [6.45, 7) is 4.95. The Morgan fingerprint density at radius 1 is 1.21 bits per heavy atom. The van der Waals surface area contributed by atoms with E-state index in [1.165, 1.54) is 37.5 Å². The molecule has 0 bridgehead atoms. The van der Waals surface area contributed by atoms with Gasteiger partial charge >= 0.3 is 0 Å². The summed E-state index contributed by atoms with van der Waals surface area (Å²) in [5.41, 5.74) is 1.47. The molecule has 8 nitrogen and oxygen atoms in total. The van der Waals surface area contributed by atoms with Gasteiger partial charge in [-0.25, -0.2) is 14.4 Å². The van der Waals surface area contributed by atoms with Crippen LogP contribution in [0.5, 0.6) is 0 Å². The molecule has 0 spiro atoms. The molecular weight excluding hydrogens is 449 g/mol. The highest BCUT2D eigenvalue weighted by Crippen LogP contribution is 2.30. The fraction of sp³-hybridized carbons (Fsp3) is 0.304. The maximum atomic E-state index is 14.4. The molecule has 0 saturated carbocycles. The lowest BCUT2D eigenvalue weighted by atomic mass is 10.1. The van der Waals surface area contributed by atoms with Gasteiger partial charge in [-0.15, -0.1) is 0 Å². The zero-order valence-electron chi connectivity index (χ0n) is 18.4. The number of aromatic nitrogens is 3. The summed E-state index contributed by atoms with van der Waals surface area (Å²) in [5, 5.41) is 25.2. The van der Waals surface area contributed by atoms with Gasteiger partial charge in [0.2, 0.25) is 0 Å². The van der Waals surface area contributed by atoms with Crippen LogP contribution in [0.25, 0.3) is 11.4 Å². The van der Waals surface area contributed by atoms with Crippen molar-refractivity contribution in [3.63, 3.8) is 0 Å². The summed E-state index contributed by atoms with van der Waals surface area (Å²) in [6, 6.07) is 4.89. The maximum absolute atomic E-state index is 14.4. The highest BCUT2D eigenvalue weighted by molar-refractivity contribution is 6.30. The molecule has 0 aliphatic carbocycles. The van der Waals surface area contributed by atoms with Crippen molar-refractivity contribution in [3.8, 4) is 11.4 Å². The average Bonchev–Trinajstić information content (AvgIpc) is 2.78. The third-order valence-electron chi connectivity index (χ3n) is 5.02. The van der Waals surface area contributed by atoms with Crippen LogP contribution in [-0.4, -0.2) is 49.8 Å². The van der Waals surface area contributed by atoms with Crippen LogP contribution >= 0.6 is 11.6 Å². The second-order valence-electron chi connectivity index (χ2n) is 7.83. The molecule has 33 heavy (non-hydrogen) atoms. The van der Waals surface area contributed by atoms with Gasteiger partial charge in [-0.05, 0) is 37.1 Å². The largest absolute Gasteiger partial charge is 0.394 e. The van der Waals surface area contributed by atoms with Crippen molar-refractivity contribution < 1.29 is 19.4 Å². The van der Waals surface area contributed by atoms with Gasteiger partial charge in [-0.2, -0.15) is 0 Å². The second kappa shape index (κ2) is 10.7. The molecule has 174 valence electrons. The molecule has 0 saturated heterocycles. The standard InChI is InChI=1S/C23H25ClFN5O3/c1-12(2)16-10-27-21(15-8-14(24)4-5-18(15)25)30-22(16)28-19-6-7-26-9-17(19)23(33)29-20(11-31)13(3)32/h4-10,12-13,20,31-32H,11H2,1-3H3,(H,29,33)(H,26,27,28,30)/t13-,20-/m1/s1. The quantitative estimate of drug-likeness (QED) is 0.394. The summed E-state index contributed by atoms with van der Waals surface area (Å²) in [4.78, 5) is 25.6. The third kappa shape index (κ3) is 5.81. The summed E-state index contributed by atoms with van der Waals surface area (Å²) < 4.78 is 14.4. The van der Waals surface area contributed by atoms with Gasteiger partial charge in [0.1, 0.15) is 11.6 Å². The molecule has 0 fully saturated rings. The first kappa shape index (κ1) is 24.5. The van der Waals surface area contributed by atoms with Crippen LogP contribution < -0.4 is 10.6 Å². The highest BCUT2D eigenvalue weighted by atomic mass is 35.5. The fourth-order valence-electron chi connectivity index (χ4n) is 3.09. The Morgan fingerprint density at radius 3 is 2.64 bits per heavy atom. The van der Waals surface area contributed by atoms with Crippen LogP contribution in [0.1, 0.15) is 42.6 Å². The molecule has 4 N–H and O–H groups in total. The van der Waals surface area contributed by atoms with Crippen LogP contribution in [0, 0.1) is 5.82 Å². The van der Waals surface area contributed by atoms with Crippen molar-refractivity contribution in [3.05, 3.63) is 64.8 Å². The zero-order valence-corrected chi connectivity index (χ0v) is 19.1. The summed E-state index contributed by atoms with van der Waals surface area (Å²) in [7, 11) is 0. The minimum atomic E-state index is -0.948.